The summed E-state index contributed by atoms with van der Waals surface area (Å²) in [4.78, 5) is 5.55. The Labute approximate surface area is 332 Å². The number of aromatic nitrogens is 3. The summed E-state index contributed by atoms with van der Waals surface area (Å²) in [6.07, 6.45) is 0. The molecule has 8 aromatic carbocycles. The van der Waals surface area contributed by atoms with Crippen LogP contribution in [0.1, 0.15) is 0 Å². The predicted octanol–water partition coefficient (Wildman–Crippen LogP) is 10.3. The Morgan fingerprint density at radius 2 is 0.579 bits per heavy atom. The van der Waals surface area contributed by atoms with Crippen LogP contribution in [0.3, 0.4) is 0 Å². The Hall–Kier alpha value is -7.27. The van der Waals surface area contributed by atoms with E-state index in [2.05, 4.69) is 234 Å². The fraction of sp³-hybridized carbons (Fsp3) is 0. The van der Waals surface area contributed by atoms with Gasteiger partial charge in [-0.2, -0.15) is 0 Å². The van der Waals surface area contributed by atoms with Gasteiger partial charge in [0, 0.05) is 21.5 Å². The lowest BCUT2D eigenvalue weighted by Crippen LogP contribution is -2.74. The minimum absolute atomic E-state index is 0.882. The van der Waals surface area contributed by atoms with Gasteiger partial charge in [0.1, 0.15) is 11.6 Å². The zero-order chi connectivity index (χ0) is 37.8. The van der Waals surface area contributed by atoms with Gasteiger partial charge < -0.3 is 0 Å². The van der Waals surface area contributed by atoms with Crippen molar-refractivity contribution in [3.63, 3.8) is 0 Å². The number of nitrogens with zero attached hydrogens (tertiary/aromatic N) is 3. The molecule has 57 heavy (non-hydrogen) atoms. The first-order valence-corrected chi connectivity index (χ1v) is 21.6. The van der Waals surface area contributed by atoms with E-state index in [1.165, 1.54) is 42.3 Å². The molecule has 0 bridgehead atoms. The number of para-hydroxylation sites is 4. The van der Waals surface area contributed by atoms with Gasteiger partial charge in [0.25, 0.3) is 0 Å². The predicted molar refractivity (Wildman–Crippen MR) is 242 cm³/mol. The molecule has 4 heteroatoms. The van der Waals surface area contributed by atoms with Crippen molar-refractivity contribution in [2.24, 2.45) is 0 Å². The minimum Gasteiger partial charge on any atom is -0.294 e. The molecule has 0 saturated carbocycles. The van der Waals surface area contributed by atoms with Crippen molar-refractivity contribution in [2.75, 3.05) is 0 Å². The zero-order valence-corrected chi connectivity index (χ0v) is 32.2. The molecule has 11 rings (SSSR count). The lowest BCUT2D eigenvalue weighted by Gasteiger charge is -2.34. The van der Waals surface area contributed by atoms with Crippen LogP contribution >= 0.6 is 0 Å². The highest BCUT2D eigenvalue weighted by molar-refractivity contribution is 7.19. The maximum Gasteiger partial charge on any atom is 0.179 e. The monoisotopic (exact) mass is 743 g/mol. The van der Waals surface area contributed by atoms with Crippen molar-refractivity contribution in [3.05, 3.63) is 224 Å². The molecule has 0 saturated heterocycles. The van der Waals surface area contributed by atoms with E-state index < -0.39 is 8.07 Å². The van der Waals surface area contributed by atoms with Gasteiger partial charge in [-0.3, -0.25) is 9.13 Å². The molecule has 0 aliphatic carbocycles. The van der Waals surface area contributed by atoms with Gasteiger partial charge in [-0.25, -0.2) is 4.98 Å². The van der Waals surface area contributed by atoms with Crippen molar-refractivity contribution in [1.82, 2.24) is 14.1 Å². The van der Waals surface area contributed by atoms with Crippen molar-refractivity contribution in [2.45, 2.75) is 0 Å². The summed E-state index contributed by atoms with van der Waals surface area (Å²) in [7, 11) is -2.68. The van der Waals surface area contributed by atoms with Crippen LogP contribution < -0.4 is 20.7 Å². The highest BCUT2D eigenvalue weighted by Gasteiger charge is 2.41. The Bertz CT molecular complexity index is 2880. The Morgan fingerprint density at radius 1 is 0.281 bits per heavy atom. The largest absolute Gasteiger partial charge is 0.294 e. The first-order valence-electron chi connectivity index (χ1n) is 19.6. The average molecular weight is 744 g/mol. The van der Waals surface area contributed by atoms with Gasteiger partial charge in [0.15, 0.2) is 8.07 Å². The Kier molecular flexibility index (Phi) is 7.83. The third-order valence-corrected chi connectivity index (χ3v) is 16.5. The van der Waals surface area contributed by atoms with Gasteiger partial charge in [0.2, 0.25) is 0 Å². The third-order valence-electron chi connectivity index (χ3n) is 11.7. The fourth-order valence-corrected chi connectivity index (χ4v) is 14.0. The number of rotatable bonds is 7. The van der Waals surface area contributed by atoms with Crippen molar-refractivity contribution >= 4 is 72.4 Å². The van der Waals surface area contributed by atoms with Crippen LogP contribution in [-0.4, -0.2) is 22.2 Å². The molecule has 0 fully saturated rings. The minimum atomic E-state index is -2.68. The van der Waals surface area contributed by atoms with Crippen LogP contribution in [0.4, 0.5) is 0 Å². The van der Waals surface area contributed by atoms with E-state index in [0.29, 0.717) is 0 Å². The first kappa shape index (κ1) is 33.1. The topological polar surface area (TPSA) is 22.8 Å². The van der Waals surface area contributed by atoms with Crippen LogP contribution in [0.25, 0.3) is 66.4 Å². The summed E-state index contributed by atoms with van der Waals surface area (Å²) in [5.41, 5.74) is 6.79. The molecule has 3 aromatic heterocycles. The highest BCUT2D eigenvalue weighted by atomic mass is 28.3. The van der Waals surface area contributed by atoms with Gasteiger partial charge in [0.05, 0.1) is 22.1 Å². The summed E-state index contributed by atoms with van der Waals surface area (Å²) < 4.78 is 4.66. The summed E-state index contributed by atoms with van der Waals surface area (Å²) in [6, 6.07) is 82.0. The quantitative estimate of drug-likeness (QED) is 0.118. The summed E-state index contributed by atoms with van der Waals surface area (Å²) in [6.45, 7) is 0. The normalized spacial score (nSPS) is 11.9. The molecule has 0 N–H and O–H groups in total. The summed E-state index contributed by atoms with van der Waals surface area (Å²) >= 11 is 0. The zero-order valence-electron chi connectivity index (χ0n) is 31.2. The lowest BCUT2D eigenvalue weighted by atomic mass is 10.1. The van der Waals surface area contributed by atoms with Crippen molar-refractivity contribution < 1.29 is 0 Å². The van der Waals surface area contributed by atoms with E-state index in [0.717, 1.165) is 44.8 Å². The maximum absolute atomic E-state index is 5.55. The standard InChI is InChI=1S/C53H37N3Si/c1-4-18-40(19-5-1)57(41-20-6-2-7-21-41,42-22-8-3-9-23-42)43-34-32-38(33-35-43)39-36-52(55-48-28-14-10-24-44(48)45-25-11-15-29-49(45)55)54-53(37-39)56-50-30-16-12-26-46(50)47-27-13-17-31-51(47)56/h1-37H. The Morgan fingerprint density at radius 3 is 0.930 bits per heavy atom. The SMILES string of the molecule is c1ccc([Si](c2ccccc2)(c2ccccc2)c2ccc(-c3cc(-n4c5ccccc5c5ccccc54)nc(-n4c5ccccc5c5ccccc54)c3)cc2)cc1. The van der Waals surface area contributed by atoms with E-state index >= 15 is 0 Å². The van der Waals surface area contributed by atoms with E-state index in [4.69, 9.17) is 4.98 Å². The van der Waals surface area contributed by atoms with E-state index in [1.807, 2.05) is 0 Å². The molecule has 268 valence electrons. The summed E-state index contributed by atoms with van der Waals surface area (Å²) in [5.74, 6) is 1.76. The second-order valence-corrected chi connectivity index (χ2v) is 18.5. The molecule has 3 heterocycles. The molecule has 0 unspecified atom stereocenters. The lowest BCUT2D eigenvalue weighted by molar-refractivity contribution is 1.01. The molecule has 11 aromatic rings. The van der Waals surface area contributed by atoms with Gasteiger partial charge in [-0.15, -0.1) is 0 Å². The van der Waals surface area contributed by atoms with E-state index in [9.17, 15) is 0 Å². The van der Waals surface area contributed by atoms with Crippen LogP contribution in [0.15, 0.2) is 224 Å². The molecule has 0 amide bonds. The Balaban J connectivity index is 1.17. The van der Waals surface area contributed by atoms with Gasteiger partial charge in [-0.05, 0) is 68.3 Å². The van der Waals surface area contributed by atoms with E-state index in [-0.39, 0.29) is 0 Å². The van der Waals surface area contributed by atoms with Crippen LogP contribution in [0.2, 0.25) is 0 Å². The average Bonchev–Trinajstić information content (AvgIpc) is 3.81. The molecule has 3 nitrogen and oxygen atoms in total. The molecule has 0 radical (unpaired) electrons. The number of pyridine rings is 1. The molecule has 0 atom stereocenters. The summed E-state index contributed by atoms with van der Waals surface area (Å²) in [5, 5.41) is 10.3. The number of hydrogen-bond acceptors (Lipinski definition) is 1. The van der Waals surface area contributed by atoms with Crippen LogP contribution in [0.5, 0.6) is 0 Å². The maximum atomic E-state index is 5.55. The fourth-order valence-electron chi connectivity index (χ4n) is 9.21. The molecule has 0 aliphatic rings. The molecule has 0 aliphatic heterocycles. The van der Waals surface area contributed by atoms with Crippen molar-refractivity contribution in [3.8, 4) is 22.8 Å². The molecule has 0 spiro atoms. The van der Waals surface area contributed by atoms with Crippen LogP contribution in [0, 0.1) is 0 Å². The number of hydrogen-bond donors (Lipinski definition) is 0. The first-order chi connectivity index (χ1) is 28.3. The molecular weight excluding hydrogens is 707 g/mol. The second-order valence-electron chi connectivity index (χ2n) is 14.7. The molecular formula is C53H37N3Si. The highest BCUT2D eigenvalue weighted by Crippen LogP contribution is 2.36. The van der Waals surface area contributed by atoms with Gasteiger partial charge >= 0.3 is 0 Å². The van der Waals surface area contributed by atoms with E-state index in [1.54, 1.807) is 0 Å². The third kappa shape index (κ3) is 5.22. The van der Waals surface area contributed by atoms with Crippen molar-refractivity contribution in [1.29, 1.82) is 0 Å². The second kappa shape index (κ2) is 13.5. The van der Waals surface area contributed by atoms with Crippen LogP contribution in [-0.2, 0) is 0 Å². The smallest absolute Gasteiger partial charge is 0.179 e. The van der Waals surface area contributed by atoms with Gasteiger partial charge in [-0.1, -0.05) is 188 Å². The number of benzene rings is 8. The number of fused-ring (bicyclic) bond motifs is 6.